The molecule has 49 heavy (non-hydrogen) atoms. The highest BCUT2D eigenvalue weighted by Gasteiger charge is 2.46. The van der Waals surface area contributed by atoms with Crippen molar-refractivity contribution in [2.45, 2.75) is 30.6 Å². The predicted molar refractivity (Wildman–Crippen MR) is 202 cm³/mol. The minimum Gasteiger partial charge on any atom is -0.228 e. The molecule has 0 spiro atoms. The van der Waals surface area contributed by atoms with Crippen LogP contribution in [0, 0.1) is 0 Å². The fourth-order valence-electron chi connectivity index (χ4n) is 8.01. The van der Waals surface area contributed by atoms with Gasteiger partial charge in [0.2, 0.25) is 0 Å². The third kappa shape index (κ3) is 5.03. The molecule has 1 heterocycles. The van der Waals surface area contributed by atoms with E-state index in [9.17, 15) is 0 Å². The van der Waals surface area contributed by atoms with E-state index in [4.69, 9.17) is 9.97 Å². The molecule has 0 saturated heterocycles. The number of rotatable bonds is 6. The summed E-state index contributed by atoms with van der Waals surface area (Å²) < 4.78 is 0. The van der Waals surface area contributed by atoms with Gasteiger partial charge in [-0.05, 0) is 75.4 Å². The lowest BCUT2D eigenvalue weighted by Crippen LogP contribution is -2.28. The van der Waals surface area contributed by atoms with Gasteiger partial charge in [-0.1, -0.05) is 170 Å². The standard InChI is InChI=1S/C47H36N2/c1-5-15-34(16-6-1)44-32-45(49-46(48-44)36-17-7-2-8-18-36)35-27-25-33(26-28-35)37-29-30-41-40-23-13-14-24-42(40)47(43(41)31-37,38-19-9-3-10-20-38)39-21-11-4-12-22-39/h2-5,7-25,27-33H,1,6,26H2. The van der Waals surface area contributed by atoms with Gasteiger partial charge in [0.15, 0.2) is 5.82 Å². The smallest absolute Gasteiger partial charge is 0.160 e. The molecular formula is C47H36N2. The van der Waals surface area contributed by atoms with Gasteiger partial charge in [0.05, 0.1) is 16.8 Å². The van der Waals surface area contributed by atoms with Crippen LogP contribution in [0.3, 0.4) is 0 Å². The topological polar surface area (TPSA) is 25.8 Å². The van der Waals surface area contributed by atoms with Crippen LogP contribution in [0.5, 0.6) is 0 Å². The molecule has 0 bridgehead atoms. The molecule has 2 heteroatoms. The third-order valence-corrected chi connectivity index (χ3v) is 10.4. The molecule has 6 aromatic rings. The van der Waals surface area contributed by atoms with Crippen LogP contribution >= 0.6 is 0 Å². The quantitative estimate of drug-likeness (QED) is 0.183. The van der Waals surface area contributed by atoms with Crippen molar-refractivity contribution in [1.29, 1.82) is 0 Å². The van der Waals surface area contributed by atoms with Crippen LogP contribution in [0.25, 0.3) is 33.7 Å². The van der Waals surface area contributed by atoms with Crippen LogP contribution in [0.4, 0.5) is 0 Å². The van der Waals surface area contributed by atoms with Crippen molar-refractivity contribution in [3.8, 4) is 22.5 Å². The Labute approximate surface area is 288 Å². The first-order valence-corrected chi connectivity index (χ1v) is 17.3. The van der Waals surface area contributed by atoms with E-state index in [1.54, 1.807) is 0 Å². The van der Waals surface area contributed by atoms with Crippen LogP contribution in [-0.2, 0) is 5.41 Å². The van der Waals surface area contributed by atoms with E-state index in [0.29, 0.717) is 0 Å². The summed E-state index contributed by atoms with van der Waals surface area (Å²) in [6, 6.07) is 50.7. The van der Waals surface area contributed by atoms with E-state index in [2.05, 4.69) is 170 Å². The molecule has 5 aromatic carbocycles. The highest BCUT2D eigenvalue weighted by atomic mass is 14.9. The number of allylic oxidation sites excluding steroid dienone is 8. The number of hydrogen-bond acceptors (Lipinski definition) is 2. The zero-order valence-electron chi connectivity index (χ0n) is 27.3. The zero-order valence-corrected chi connectivity index (χ0v) is 27.3. The maximum absolute atomic E-state index is 5.09. The summed E-state index contributed by atoms with van der Waals surface area (Å²) in [4.78, 5) is 10.1. The van der Waals surface area contributed by atoms with E-state index in [-0.39, 0.29) is 5.92 Å². The summed E-state index contributed by atoms with van der Waals surface area (Å²) in [5, 5.41) is 0. The SMILES string of the molecule is C1=CC(c2cc(C3=CCC(c4ccc5c(c4)C(c4ccccc4)(c4ccccc4)c4ccccc4-5)C=C3)nc(-c3ccccc3)n2)=CCC1. The van der Waals surface area contributed by atoms with Gasteiger partial charge in [0.1, 0.15) is 0 Å². The van der Waals surface area contributed by atoms with Crippen molar-refractivity contribution in [3.63, 3.8) is 0 Å². The molecule has 1 unspecified atom stereocenters. The Bertz CT molecular complexity index is 2250. The van der Waals surface area contributed by atoms with E-state index in [1.807, 2.05) is 6.07 Å². The van der Waals surface area contributed by atoms with Gasteiger partial charge >= 0.3 is 0 Å². The van der Waals surface area contributed by atoms with Crippen molar-refractivity contribution in [3.05, 3.63) is 215 Å². The van der Waals surface area contributed by atoms with Gasteiger partial charge in [0.25, 0.3) is 0 Å². The Hall–Kier alpha value is -5.86. The second-order valence-corrected chi connectivity index (χ2v) is 13.2. The van der Waals surface area contributed by atoms with Crippen LogP contribution in [0.15, 0.2) is 176 Å². The second-order valence-electron chi connectivity index (χ2n) is 13.2. The summed E-state index contributed by atoms with van der Waals surface area (Å²) in [6.07, 6.45) is 16.8. The minimum absolute atomic E-state index is 0.265. The molecule has 0 aliphatic heterocycles. The molecule has 234 valence electrons. The monoisotopic (exact) mass is 628 g/mol. The number of aromatic nitrogens is 2. The second kappa shape index (κ2) is 12.3. The van der Waals surface area contributed by atoms with E-state index < -0.39 is 5.41 Å². The average molecular weight is 629 g/mol. The van der Waals surface area contributed by atoms with Crippen molar-refractivity contribution < 1.29 is 0 Å². The molecule has 1 aromatic heterocycles. The minimum atomic E-state index is -0.392. The molecule has 2 nitrogen and oxygen atoms in total. The number of benzene rings is 5. The largest absolute Gasteiger partial charge is 0.228 e. The van der Waals surface area contributed by atoms with Crippen LogP contribution < -0.4 is 0 Å². The molecule has 0 saturated carbocycles. The first-order chi connectivity index (χ1) is 24.3. The summed E-state index contributed by atoms with van der Waals surface area (Å²) in [7, 11) is 0. The molecule has 0 fully saturated rings. The highest BCUT2D eigenvalue weighted by molar-refractivity contribution is 5.87. The Kier molecular flexibility index (Phi) is 7.35. The number of hydrogen-bond donors (Lipinski definition) is 0. The molecular weight excluding hydrogens is 593 g/mol. The average Bonchev–Trinajstić information content (AvgIpc) is 3.49. The Morgan fingerprint density at radius 3 is 1.82 bits per heavy atom. The summed E-state index contributed by atoms with van der Waals surface area (Å²) in [5.41, 5.74) is 14.2. The van der Waals surface area contributed by atoms with Crippen LogP contribution in [-0.4, -0.2) is 9.97 Å². The van der Waals surface area contributed by atoms with Crippen molar-refractivity contribution >= 4 is 11.1 Å². The summed E-state index contributed by atoms with van der Waals surface area (Å²) in [5.74, 6) is 1.03. The Morgan fingerprint density at radius 1 is 0.531 bits per heavy atom. The summed E-state index contributed by atoms with van der Waals surface area (Å²) >= 11 is 0. The zero-order chi connectivity index (χ0) is 32.6. The van der Waals surface area contributed by atoms with Crippen molar-refractivity contribution in [2.24, 2.45) is 0 Å². The maximum Gasteiger partial charge on any atom is 0.160 e. The maximum atomic E-state index is 5.09. The third-order valence-electron chi connectivity index (χ3n) is 10.4. The first kappa shape index (κ1) is 29.3. The molecule has 3 aliphatic rings. The molecule has 3 aliphatic carbocycles. The Morgan fingerprint density at radius 2 is 1.16 bits per heavy atom. The van der Waals surface area contributed by atoms with Gasteiger partial charge in [-0.25, -0.2) is 9.97 Å². The van der Waals surface area contributed by atoms with Gasteiger partial charge in [-0.2, -0.15) is 0 Å². The normalized spacial score (nSPS) is 17.2. The van der Waals surface area contributed by atoms with Crippen LogP contribution in [0.2, 0.25) is 0 Å². The molecule has 1 atom stereocenters. The van der Waals surface area contributed by atoms with Gasteiger partial charge in [-0.15, -0.1) is 0 Å². The lowest BCUT2D eigenvalue weighted by Gasteiger charge is -2.34. The molecule has 0 radical (unpaired) electrons. The lowest BCUT2D eigenvalue weighted by atomic mass is 9.67. The Balaban J connectivity index is 1.11. The van der Waals surface area contributed by atoms with E-state index >= 15 is 0 Å². The summed E-state index contributed by atoms with van der Waals surface area (Å²) in [6.45, 7) is 0. The predicted octanol–water partition coefficient (Wildman–Crippen LogP) is 11.4. The molecule has 0 amide bonds. The highest BCUT2D eigenvalue weighted by Crippen LogP contribution is 2.56. The van der Waals surface area contributed by atoms with Crippen molar-refractivity contribution in [1.82, 2.24) is 9.97 Å². The first-order valence-electron chi connectivity index (χ1n) is 17.3. The van der Waals surface area contributed by atoms with Crippen molar-refractivity contribution in [2.75, 3.05) is 0 Å². The van der Waals surface area contributed by atoms with E-state index in [1.165, 1.54) is 44.5 Å². The number of fused-ring (bicyclic) bond motifs is 3. The van der Waals surface area contributed by atoms with Gasteiger partial charge < -0.3 is 0 Å². The molecule has 9 rings (SSSR count). The van der Waals surface area contributed by atoms with Gasteiger partial charge in [0, 0.05) is 11.5 Å². The molecule has 0 N–H and O–H groups in total. The fraction of sp³-hybridized carbons (Fsp3) is 0.106. The van der Waals surface area contributed by atoms with E-state index in [0.717, 1.165) is 47.6 Å². The van der Waals surface area contributed by atoms with Crippen LogP contribution in [0.1, 0.15) is 64.4 Å². The number of nitrogens with zero attached hydrogens (tertiary/aromatic N) is 2. The van der Waals surface area contributed by atoms with Gasteiger partial charge in [-0.3, -0.25) is 0 Å². The fourth-order valence-corrected chi connectivity index (χ4v) is 8.01. The lowest BCUT2D eigenvalue weighted by molar-refractivity contribution is 0.762.